The van der Waals surface area contributed by atoms with E-state index in [4.69, 9.17) is 4.74 Å². The van der Waals surface area contributed by atoms with Crippen LogP contribution in [0.15, 0.2) is 22.7 Å². The highest BCUT2D eigenvalue weighted by Crippen LogP contribution is 2.23. The van der Waals surface area contributed by atoms with E-state index in [0.717, 1.165) is 29.3 Å². The van der Waals surface area contributed by atoms with Gasteiger partial charge in [0, 0.05) is 24.2 Å². The van der Waals surface area contributed by atoms with Gasteiger partial charge < -0.3 is 10.1 Å². The molecule has 2 atom stereocenters. The van der Waals surface area contributed by atoms with Gasteiger partial charge in [-0.2, -0.15) is 0 Å². The minimum Gasteiger partial charge on any atom is -0.381 e. The quantitative estimate of drug-likeness (QED) is 0.922. The number of rotatable bonds is 4. The van der Waals surface area contributed by atoms with Gasteiger partial charge in [0.2, 0.25) is 0 Å². The smallest absolute Gasteiger partial charge is 0.123 e. The first-order valence-corrected chi connectivity index (χ1v) is 6.68. The standard InChI is InChI=1S/C13H17BrFNO/c1-17-12-4-3-11(7-12)16-8-9-6-10(15)2-5-13(9)14/h2,5-6,11-12,16H,3-4,7-8H2,1H3. The van der Waals surface area contributed by atoms with E-state index in [1.54, 1.807) is 19.2 Å². The summed E-state index contributed by atoms with van der Waals surface area (Å²) in [7, 11) is 1.76. The van der Waals surface area contributed by atoms with E-state index < -0.39 is 0 Å². The molecule has 0 bridgehead atoms. The molecule has 0 radical (unpaired) electrons. The Kier molecular flexibility index (Phi) is 4.54. The molecule has 1 saturated carbocycles. The summed E-state index contributed by atoms with van der Waals surface area (Å²) in [5.41, 5.74) is 0.964. The van der Waals surface area contributed by atoms with Gasteiger partial charge in [-0.1, -0.05) is 15.9 Å². The summed E-state index contributed by atoms with van der Waals surface area (Å²) in [6.45, 7) is 0.694. The van der Waals surface area contributed by atoms with Crippen molar-refractivity contribution < 1.29 is 9.13 Å². The summed E-state index contributed by atoms with van der Waals surface area (Å²) in [6.07, 6.45) is 3.66. The SMILES string of the molecule is COC1CCC(NCc2cc(F)ccc2Br)C1. The number of halogens is 2. The van der Waals surface area contributed by atoms with E-state index in [1.165, 1.54) is 6.07 Å². The maximum Gasteiger partial charge on any atom is 0.123 e. The average molecular weight is 302 g/mol. The monoisotopic (exact) mass is 301 g/mol. The molecule has 0 aliphatic heterocycles. The Morgan fingerprint density at radius 2 is 2.29 bits per heavy atom. The molecule has 1 aliphatic rings. The average Bonchev–Trinajstić information content (AvgIpc) is 2.78. The number of ether oxygens (including phenoxy) is 1. The molecule has 2 unspecified atom stereocenters. The van der Waals surface area contributed by atoms with Crippen LogP contribution in [0.4, 0.5) is 4.39 Å². The van der Waals surface area contributed by atoms with Crippen molar-refractivity contribution in [2.75, 3.05) is 7.11 Å². The van der Waals surface area contributed by atoms with Gasteiger partial charge in [-0.3, -0.25) is 0 Å². The van der Waals surface area contributed by atoms with Gasteiger partial charge in [-0.05, 0) is 43.0 Å². The second kappa shape index (κ2) is 5.94. The topological polar surface area (TPSA) is 21.3 Å². The van der Waals surface area contributed by atoms with Crippen LogP contribution in [0.3, 0.4) is 0 Å². The van der Waals surface area contributed by atoms with Crippen LogP contribution < -0.4 is 5.32 Å². The lowest BCUT2D eigenvalue weighted by Crippen LogP contribution is -2.26. The Balaban J connectivity index is 1.88. The summed E-state index contributed by atoms with van der Waals surface area (Å²) in [5, 5.41) is 3.45. The summed E-state index contributed by atoms with van der Waals surface area (Å²) in [6, 6.07) is 5.26. The van der Waals surface area contributed by atoms with Crippen molar-refractivity contribution in [3.63, 3.8) is 0 Å². The van der Waals surface area contributed by atoms with E-state index in [2.05, 4.69) is 21.2 Å². The van der Waals surface area contributed by atoms with Gasteiger partial charge >= 0.3 is 0 Å². The second-order valence-corrected chi connectivity index (χ2v) is 5.34. The lowest BCUT2D eigenvalue weighted by molar-refractivity contribution is 0.107. The summed E-state index contributed by atoms with van der Waals surface area (Å²) in [5.74, 6) is -0.189. The molecule has 0 spiro atoms. The molecule has 2 nitrogen and oxygen atoms in total. The molecule has 0 saturated heterocycles. The van der Waals surface area contributed by atoms with Crippen LogP contribution in [0.1, 0.15) is 24.8 Å². The fourth-order valence-corrected chi connectivity index (χ4v) is 2.66. The first kappa shape index (κ1) is 13.0. The maximum absolute atomic E-state index is 13.1. The largest absolute Gasteiger partial charge is 0.381 e. The normalized spacial score (nSPS) is 24.2. The minimum atomic E-state index is -0.189. The van der Waals surface area contributed by atoms with Crippen LogP contribution in [-0.2, 0) is 11.3 Å². The summed E-state index contributed by atoms with van der Waals surface area (Å²) >= 11 is 3.43. The second-order valence-electron chi connectivity index (χ2n) is 4.48. The molecule has 17 heavy (non-hydrogen) atoms. The molecule has 94 valence electrons. The third-order valence-corrected chi connectivity index (χ3v) is 4.08. The zero-order valence-corrected chi connectivity index (χ0v) is 11.5. The third-order valence-electron chi connectivity index (χ3n) is 3.31. The predicted octanol–water partition coefficient (Wildman–Crippen LogP) is 3.25. The Bertz CT molecular complexity index is 386. The fourth-order valence-electron chi connectivity index (χ4n) is 2.27. The molecule has 1 aromatic carbocycles. The molecule has 1 aliphatic carbocycles. The zero-order chi connectivity index (χ0) is 12.3. The Morgan fingerprint density at radius 3 is 3.00 bits per heavy atom. The van der Waals surface area contributed by atoms with Crippen molar-refractivity contribution >= 4 is 15.9 Å². The van der Waals surface area contributed by atoms with E-state index >= 15 is 0 Å². The van der Waals surface area contributed by atoms with Gasteiger partial charge in [-0.25, -0.2) is 4.39 Å². The third kappa shape index (κ3) is 3.50. The first-order chi connectivity index (χ1) is 8.19. The van der Waals surface area contributed by atoms with Gasteiger partial charge in [0.25, 0.3) is 0 Å². The molecular formula is C13H17BrFNO. The highest BCUT2D eigenvalue weighted by Gasteiger charge is 2.23. The molecular weight excluding hydrogens is 285 g/mol. The molecule has 1 fully saturated rings. The van der Waals surface area contributed by atoms with Crippen molar-refractivity contribution in [1.82, 2.24) is 5.32 Å². The fraction of sp³-hybridized carbons (Fsp3) is 0.538. The van der Waals surface area contributed by atoms with Crippen LogP contribution in [0.5, 0.6) is 0 Å². The van der Waals surface area contributed by atoms with E-state index in [0.29, 0.717) is 18.7 Å². The lowest BCUT2D eigenvalue weighted by atomic mass is 10.2. The maximum atomic E-state index is 13.1. The summed E-state index contributed by atoms with van der Waals surface area (Å²) in [4.78, 5) is 0. The van der Waals surface area contributed by atoms with Crippen LogP contribution in [0.25, 0.3) is 0 Å². The minimum absolute atomic E-state index is 0.189. The Hall–Kier alpha value is -0.450. The molecule has 0 amide bonds. The Morgan fingerprint density at radius 1 is 1.47 bits per heavy atom. The molecule has 1 aromatic rings. The van der Waals surface area contributed by atoms with E-state index in [-0.39, 0.29) is 5.82 Å². The van der Waals surface area contributed by atoms with Crippen LogP contribution >= 0.6 is 15.9 Å². The molecule has 2 rings (SSSR count). The molecule has 0 aromatic heterocycles. The number of benzene rings is 1. The van der Waals surface area contributed by atoms with Crippen LogP contribution in [0.2, 0.25) is 0 Å². The number of hydrogen-bond donors (Lipinski definition) is 1. The van der Waals surface area contributed by atoms with Crippen molar-refractivity contribution in [1.29, 1.82) is 0 Å². The first-order valence-electron chi connectivity index (χ1n) is 5.89. The van der Waals surface area contributed by atoms with Gasteiger partial charge in [0.15, 0.2) is 0 Å². The van der Waals surface area contributed by atoms with E-state index in [1.807, 2.05) is 0 Å². The van der Waals surface area contributed by atoms with Gasteiger partial charge in [0.1, 0.15) is 5.82 Å². The lowest BCUT2D eigenvalue weighted by Gasteiger charge is -2.13. The molecule has 1 N–H and O–H groups in total. The van der Waals surface area contributed by atoms with Crippen molar-refractivity contribution in [2.24, 2.45) is 0 Å². The van der Waals surface area contributed by atoms with E-state index in [9.17, 15) is 4.39 Å². The van der Waals surface area contributed by atoms with Crippen molar-refractivity contribution in [2.45, 2.75) is 38.0 Å². The molecule has 4 heteroatoms. The van der Waals surface area contributed by atoms with Crippen molar-refractivity contribution in [3.05, 3.63) is 34.1 Å². The molecule has 0 heterocycles. The summed E-state index contributed by atoms with van der Waals surface area (Å²) < 4.78 is 19.4. The van der Waals surface area contributed by atoms with Gasteiger partial charge in [0.05, 0.1) is 6.10 Å². The number of methoxy groups -OCH3 is 1. The van der Waals surface area contributed by atoms with Crippen LogP contribution in [-0.4, -0.2) is 19.3 Å². The zero-order valence-electron chi connectivity index (χ0n) is 9.88. The van der Waals surface area contributed by atoms with Crippen LogP contribution in [0, 0.1) is 5.82 Å². The highest BCUT2D eigenvalue weighted by molar-refractivity contribution is 9.10. The highest BCUT2D eigenvalue weighted by atomic mass is 79.9. The number of hydrogen-bond acceptors (Lipinski definition) is 2. The predicted molar refractivity (Wildman–Crippen MR) is 69.4 cm³/mol. The number of nitrogens with one attached hydrogen (secondary N) is 1. The Labute approximate surface area is 110 Å². The van der Waals surface area contributed by atoms with Gasteiger partial charge in [-0.15, -0.1) is 0 Å². The van der Waals surface area contributed by atoms with Crippen molar-refractivity contribution in [3.8, 4) is 0 Å².